The van der Waals surface area contributed by atoms with Crippen LogP contribution in [0.25, 0.3) is 22.2 Å². The Labute approximate surface area is 160 Å². The number of carbonyl (C=O) groups is 1. The molecule has 0 radical (unpaired) electrons. The van der Waals surface area contributed by atoms with Crippen LogP contribution >= 0.6 is 0 Å². The molecule has 9 heteroatoms. The summed E-state index contributed by atoms with van der Waals surface area (Å²) < 4.78 is 7.06. The maximum absolute atomic E-state index is 12.6. The normalized spacial score (nSPS) is 17.4. The number of benzene rings is 1. The summed E-state index contributed by atoms with van der Waals surface area (Å²) >= 11 is 0. The van der Waals surface area contributed by atoms with Crippen molar-refractivity contribution in [2.75, 3.05) is 19.0 Å². The third kappa shape index (κ3) is 2.60. The largest absolute Gasteiger partial charge is 0.394 e. The maximum atomic E-state index is 12.6. The lowest BCUT2D eigenvalue weighted by molar-refractivity contribution is -0.182. The van der Waals surface area contributed by atoms with Crippen molar-refractivity contribution in [2.45, 2.75) is 24.9 Å². The van der Waals surface area contributed by atoms with E-state index in [0.717, 1.165) is 0 Å². The number of fused-ring (bicyclic) bond motifs is 2. The smallest absolute Gasteiger partial charge is 0.257 e. The monoisotopic (exact) mass is 384 g/mol. The van der Waals surface area contributed by atoms with E-state index < -0.39 is 24.5 Å². The number of carbonyl (C=O) groups excluding carboxylic acids is 1. The van der Waals surface area contributed by atoms with Crippen LogP contribution < -0.4 is 5.32 Å². The Balaban J connectivity index is 2.00. The number of nitrogens with one attached hydrogen (secondary N) is 1. The first-order valence-corrected chi connectivity index (χ1v) is 8.70. The molecule has 0 spiro atoms. The zero-order chi connectivity index (χ0) is 20.1. The molecule has 1 aliphatic rings. The molecule has 0 saturated carbocycles. The van der Waals surface area contributed by atoms with Crippen LogP contribution in [-0.2, 0) is 4.74 Å². The predicted molar refractivity (Wildman–Crippen MR) is 101 cm³/mol. The van der Waals surface area contributed by atoms with Crippen LogP contribution in [-0.4, -0.2) is 61.2 Å². The van der Waals surface area contributed by atoms with Gasteiger partial charge in [0, 0.05) is 24.4 Å². The third-order valence-electron chi connectivity index (χ3n) is 5.13. The maximum Gasteiger partial charge on any atom is 0.257 e. The molecule has 0 aliphatic carbocycles. The minimum atomic E-state index is -1.81. The van der Waals surface area contributed by atoms with Crippen molar-refractivity contribution in [1.29, 1.82) is 0 Å². The number of methoxy groups -OCH3 is 1. The van der Waals surface area contributed by atoms with Gasteiger partial charge in [0.05, 0.1) is 12.0 Å². The lowest BCUT2D eigenvalue weighted by atomic mass is 9.97. The van der Waals surface area contributed by atoms with Gasteiger partial charge < -0.3 is 29.9 Å². The quantitative estimate of drug-likeness (QED) is 0.514. The summed E-state index contributed by atoms with van der Waals surface area (Å²) in [6.45, 7) is 0.731. The molecular formula is C19H20N4O5. The fourth-order valence-corrected chi connectivity index (χ4v) is 3.64. The van der Waals surface area contributed by atoms with Crippen LogP contribution in [0.15, 0.2) is 36.8 Å². The lowest BCUT2D eigenvalue weighted by Gasteiger charge is -2.35. The van der Waals surface area contributed by atoms with Crippen LogP contribution in [0.3, 0.4) is 0 Å². The van der Waals surface area contributed by atoms with Gasteiger partial charge in [-0.1, -0.05) is 18.2 Å². The summed E-state index contributed by atoms with van der Waals surface area (Å²) in [4.78, 5) is 21.1. The molecule has 4 N–H and O–H groups in total. The first-order chi connectivity index (χ1) is 13.4. The van der Waals surface area contributed by atoms with Crippen molar-refractivity contribution >= 4 is 22.8 Å². The summed E-state index contributed by atoms with van der Waals surface area (Å²) in [6, 6.07) is 7.13. The van der Waals surface area contributed by atoms with Crippen LogP contribution in [0.2, 0.25) is 0 Å². The van der Waals surface area contributed by atoms with E-state index in [4.69, 9.17) is 4.74 Å². The third-order valence-corrected chi connectivity index (χ3v) is 5.13. The van der Waals surface area contributed by atoms with Gasteiger partial charge in [-0.05, 0) is 18.6 Å². The molecule has 2 aromatic heterocycles. The van der Waals surface area contributed by atoms with Crippen LogP contribution in [0.1, 0.15) is 23.5 Å². The molecule has 3 aromatic rings. The van der Waals surface area contributed by atoms with Crippen LogP contribution in [0.4, 0.5) is 5.82 Å². The standard InChI is InChI=1S/C19H20N4O5/c1-19(27,13(25)8-24)18(28-2)23-7-12-10-5-3-4-6-11(10)17(26)22-15-14(12)16(23)21-9-20-15/h3-7,9,13,18,24-25,27H,8H2,1-2H3,(H,20,21,22,26)/t13-,18?,19-/m1/s1. The zero-order valence-corrected chi connectivity index (χ0v) is 15.3. The minimum absolute atomic E-state index is 0.274. The van der Waals surface area contributed by atoms with Gasteiger partial charge in [0.25, 0.3) is 5.91 Å². The molecule has 4 rings (SSSR count). The van der Waals surface area contributed by atoms with E-state index in [1.807, 2.05) is 12.1 Å². The summed E-state index contributed by atoms with van der Waals surface area (Å²) in [5, 5.41) is 33.7. The zero-order valence-electron chi connectivity index (χ0n) is 15.3. The molecule has 3 heterocycles. The highest BCUT2D eigenvalue weighted by atomic mass is 16.5. The molecule has 28 heavy (non-hydrogen) atoms. The second-order valence-electron chi connectivity index (χ2n) is 6.88. The number of hydrogen-bond acceptors (Lipinski definition) is 7. The molecule has 1 aliphatic heterocycles. The summed E-state index contributed by atoms with van der Waals surface area (Å²) in [6.07, 6.45) is 0.503. The Morgan fingerprint density at radius 3 is 2.64 bits per heavy atom. The Bertz CT molecular complexity index is 1060. The van der Waals surface area contributed by atoms with Gasteiger partial charge in [-0.25, -0.2) is 9.97 Å². The van der Waals surface area contributed by atoms with Crippen molar-refractivity contribution in [3.05, 3.63) is 42.4 Å². The number of hydrogen-bond donors (Lipinski definition) is 4. The highest BCUT2D eigenvalue weighted by Gasteiger charge is 2.42. The number of rotatable bonds is 5. The summed E-state index contributed by atoms with van der Waals surface area (Å²) in [5.74, 6) is 0.0708. The van der Waals surface area contributed by atoms with Crippen LogP contribution in [0.5, 0.6) is 0 Å². The topological polar surface area (TPSA) is 130 Å². The molecule has 1 aromatic carbocycles. The van der Waals surface area contributed by atoms with Crippen molar-refractivity contribution in [3.8, 4) is 11.1 Å². The first kappa shape index (κ1) is 18.5. The number of amides is 1. The predicted octanol–water partition coefficient (Wildman–Crippen LogP) is 0.913. The molecule has 1 amide bonds. The van der Waals surface area contributed by atoms with Crippen molar-refractivity contribution in [2.24, 2.45) is 0 Å². The number of nitrogens with zero attached hydrogens (tertiary/aromatic N) is 3. The van der Waals surface area contributed by atoms with E-state index >= 15 is 0 Å². The molecule has 1 unspecified atom stereocenters. The second kappa shape index (κ2) is 6.64. The van der Waals surface area contributed by atoms with Gasteiger partial charge in [0.2, 0.25) is 0 Å². The van der Waals surface area contributed by atoms with E-state index in [1.54, 1.807) is 22.9 Å². The van der Waals surface area contributed by atoms with E-state index in [0.29, 0.717) is 33.5 Å². The van der Waals surface area contributed by atoms with Gasteiger partial charge in [0.1, 0.15) is 29.5 Å². The number of aliphatic hydroxyl groups is 3. The fourth-order valence-electron chi connectivity index (χ4n) is 3.64. The Morgan fingerprint density at radius 2 is 1.96 bits per heavy atom. The molecule has 0 saturated heterocycles. The Morgan fingerprint density at radius 1 is 1.25 bits per heavy atom. The lowest BCUT2D eigenvalue weighted by Crippen LogP contribution is -2.49. The number of ether oxygens (including phenoxy) is 1. The summed E-state index contributed by atoms with van der Waals surface area (Å²) in [5.41, 5.74) is 0.459. The molecular weight excluding hydrogens is 364 g/mol. The molecule has 0 fully saturated rings. The fraction of sp³-hybridized carbons (Fsp3) is 0.316. The average Bonchev–Trinajstić information content (AvgIpc) is 3.02. The highest BCUT2D eigenvalue weighted by molar-refractivity contribution is 6.17. The number of aromatic nitrogens is 3. The van der Waals surface area contributed by atoms with Crippen molar-refractivity contribution < 1.29 is 24.9 Å². The molecule has 146 valence electrons. The van der Waals surface area contributed by atoms with Crippen molar-refractivity contribution in [1.82, 2.24) is 14.5 Å². The number of anilines is 1. The Hall–Kier alpha value is -2.85. The second-order valence-corrected chi connectivity index (χ2v) is 6.88. The Kier molecular flexibility index (Phi) is 4.39. The molecule has 9 nitrogen and oxygen atoms in total. The van der Waals surface area contributed by atoms with Crippen LogP contribution in [0, 0.1) is 0 Å². The van der Waals surface area contributed by atoms with Gasteiger partial charge in [0.15, 0.2) is 6.23 Å². The van der Waals surface area contributed by atoms with Gasteiger partial charge in [-0.3, -0.25) is 4.79 Å². The van der Waals surface area contributed by atoms with E-state index in [2.05, 4.69) is 15.3 Å². The summed E-state index contributed by atoms with van der Waals surface area (Å²) in [7, 11) is 1.39. The van der Waals surface area contributed by atoms with E-state index in [9.17, 15) is 20.1 Å². The first-order valence-electron chi connectivity index (χ1n) is 8.70. The molecule has 0 bridgehead atoms. The van der Waals surface area contributed by atoms with E-state index in [1.165, 1.54) is 20.4 Å². The SMILES string of the molecule is COC(n1cc2c3c(ncnc31)NC(=O)c1ccccc1-2)[C@](C)(O)[C@H](O)CO. The van der Waals surface area contributed by atoms with Gasteiger partial charge >= 0.3 is 0 Å². The highest BCUT2D eigenvalue weighted by Crippen LogP contribution is 2.41. The molecule has 3 atom stereocenters. The number of aliphatic hydroxyl groups excluding tert-OH is 2. The average molecular weight is 384 g/mol. The van der Waals surface area contributed by atoms with Gasteiger partial charge in [-0.15, -0.1) is 0 Å². The minimum Gasteiger partial charge on any atom is -0.394 e. The van der Waals surface area contributed by atoms with Gasteiger partial charge in [-0.2, -0.15) is 0 Å². The van der Waals surface area contributed by atoms with E-state index in [-0.39, 0.29) is 5.91 Å². The van der Waals surface area contributed by atoms with Crippen molar-refractivity contribution in [3.63, 3.8) is 0 Å².